The summed E-state index contributed by atoms with van der Waals surface area (Å²) < 4.78 is 17.9. The molecule has 0 atom stereocenters. The SMILES string of the molecule is COc1cc2c(Oc3ccc(NC(=O)NCCC(C)(C)C)cc3Cl)ccnc2cc1OCCCN1CCC(O)CC1. The van der Waals surface area contributed by atoms with Crippen molar-refractivity contribution in [1.82, 2.24) is 15.2 Å². The third-order valence-electron chi connectivity index (χ3n) is 6.99. The fourth-order valence-electron chi connectivity index (χ4n) is 4.61. The summed E-state index contributed by atoms with van der Waals surface area (Å²) in [5.41, 5.74) is 1.41. The van der Waals surface area contributed by atoms with Gasteiger partial charge in [0.05, 0.1) is 30.4 Å². The first kappa shape index (κ1) is 30.7. The van der Waals surface area contributed by atoms with Crippen LogP contribution in [0, 0.1) is 5.41 Å². The lowest BCUT2D eigenvalue weighted by atomic mass is 9.92. The van der Waals surface area contributed by atoms with Gasteiger partial charge in [0.15, 0.2) is 11.5 Å². The summed E-state index contributed by atoms with van der Waals surface area (Å²) in [5, 5.41) is 16.5. The Bertz CT molecular complexity index is 1320. The third kappa shape index (κ3) is 9.11. The number of likely N-dealkylation sites (tertiary alicyclic amines) is 1. The number of aromatic nitrogens is 1. The quantitative estimate of drug-likeness (QED) is 0.222. The highest BCUT2D eigenvalue weighted by Crippen LogP contribution is 2.39. The number of nitrogens with zero attached hydrogens (tertiary/aromatic N) is 2. The molecule has 0 radical (unpaired) electrons. The van der Waals surface area contributed by atoms with Crippen LogP contribution in [-0.4, -0.2) is 67.0 Å². The van der Waals surface area contributed by atoms with Gasteiger partial charge in [-0.2, -0.15) is 0 Å². The molecule has 0 saturated carbocycles. The van der Waals surface area contributed by atoms with Crippen molar-refractivity contribution in [3.8, 4) is 23.0 Å². The summed E-state index contributed by atoms with van der Waals surface area (Å²) in [6, 6.07) is 10.3. The van der Waals surface area contributed by atoms with Gasteiger partial charge in [-0.25, -0.2) is 4.79 Å². The van der Waals surface area contributed by atoms with Crippen molar-refractivity contribution in [2.75, 3.05) is 45.2 Å². The molecule has 1 saturated heterocycles. The summed E-state index contributed by atoms with van der Waals surface area (Å²) in [7, 11) is 1.60. The Labute approximate surface area is 247 Å². The number of rotatable bonds is 11. The van der Waals surface area contributed by atoms with Crippen molar-refractivity contribution in [3.05, 3.63) is 47.6 Å². The fraction of sp³-hybridized carbons (Fsp3) is 0.484. The second kappa shape index (κ2) is 14.1. The molecule has 2 aromatic carbocycles. The van der Waals surface area contributed by atoms with Crippen molar-refractivity contribution in [2.45, 2.75) is 52.6 Å². The zero-order chi connectivity index (χ0) is 29.4. The number of amides is 2. The van der Waals surface area contributed by atoms with Crippen molar-refractivity contribution in [3.63, 3.8) is 0 Å². The maximum Gasteiger partial charge on any atom is 0.319 e. The smallest absolute Gasteiger partial charge is 0.319 e. The molecule has 0 bridgehead atoms. The predicted molar refractivity (Wildman–Crippen MR) is 163 cm³/mol. The summed E-state index contributed by atoms with van der Waals surface area (Å²) in [4.78, 5) is 19.1. The first-order valence-corrected chi connectivity index (χ1v) is 14.5. The normalized spacial score (nSPS) is 14.6. The molecule has 0 spiro atoms. The van der Waals surface area contributed by atoms with E-state index in [1.54, 1.807) is 37.6 Å². The zero-order valence-electron chi connectivity index (χ0n) is 24.3. The van der Waals surface area contributed by atoms with Crippen LogP contribution in [0.5, 0.6) is 23.0 Å². The maximum atomic E-state index is 12.3. The number of aliphatic hydroxyl groups excluding tert-OH is 1. The van der Waals surface area contributed by atoms with Crippen LogP contribution in [-0.2, 0) is 0 Å². The third-order valence-corrected chi connectivity index (χ3v) is 7.29. The van der Waals surface area contributed by atoms with Crippen molar-refractivity contribution < 1.29 is 24.1 Å². The molecule has 2 amide bonds. The average Bonchev–Trinajstić information content (AvgIpc) is 2.92. The Morgan fingerprint density at radius 1 is 1.10 bits per heavy atom. The number of hydrogen-bond donors (Lipinski definition) is 3. The van der Waals surface area contributed by atoms with Crippen LogP contribution in [0.3, 0.4) is 0 Å². The lowest BCUT2D eigenvalue weighted by Gasteiger charge is -2.29. The summed E-state index contributed by atoms with van der Waals surface area (Å²) in [6.07, 6.45) is 4.91. The zero-order valence-corrected chi connectivity index (χ0v) is 25.1. The second-order valence-corrected chi connectivity index (χ2v) is 12.0. The lowest BCUT2D eigenvalue weighted by molar-refractivity contribution is 0.0799. The standard InChI is InChI=1S/C31H41ClN4O5/c1-31(2,3)11-13-34-30(38)35-21-6-7-27(24(32)18-21)41-26-8-12-33-25-20-29(28(39-4)19-23(25)26)40-17-5-14-36-15-9-22(37)10-16-36/h6-8,12,18-20,22,37H,5,9-11,13-17H2,1-4H3,(H2,34,35,38). The fourth-order valence-corrected chi connectivity index (χ4v) is 4.83. The van der Waals surface area contributed by atoms with E-state index in [2.05, 4.69) is 41.3 Å². The topological polar surface area (TPSA) is 105 Å². The highest BCUT2D eigenvalue weighted by atomic mass is 35.5. The Hall–Kier alpha value is -3.27. The van der Waals surface area contributed by atoms with E-state index in [-0.39, 0.29) is 17.6 Å². The second-order valence-electron chi connectivity index (χ2n) is 11.5. The van der Waals surface area contributed by atoms with E-state index in [1.165, 1.54) is 0 Å². The Morgan fingerprint density at radius 3 is 2.59 bits per heavy atom. The number of benzene rings is 2. The van der Waals surface area contributed by atoms with Crippen LogP contribution in [0.25, 0.3) is 10.9 Å². The number of ether oxygens (including phenoxy) is 3. The summed E-state index contributed by atoms with van der Waals surface area (Å²) in [5.74, 6) is 2.21. The van der Waals surface area contributed by atoms with Crippen molar-refractivity contribution >= 4 is 34.2 Å². The van der Waals surface area contributed by atoms with E-state index >= 15 is 0 Å². The van der Waals surface area contributed by atoms with Gasteiger partial charge in [-0.15, -0.1) is 0 Å². The van der Waals surface area contributed by atoms with Gasteiger partial charge >= 0.3 is 6.03 Å². The number of pyridine rings is 1. The molecule has 222 valence electrons. The minimum absolute atomic E-state index is 0.143. The molecule has 2 heterocycles. The van der Waals surface area contributed by atoms with Crippen LogP contribution in [0.15, 0.2) is 42.6 Å². The molecule has 3 N–H and O–H groups in total. The largest absolute Gasteiger partial charge is 0.493 e. The molecule has 1 aliphatic heterocycles. The molecule has 1 aliphatic rings. The number of piperidine rings is 1. The molecular formula is C31H41ClN4O5. The van der Waals surface area contributed by atoms with Gasteiger partial charge in [-0.05, 0) is 61.4 Å². The molecule has 41 heavy (non-hydrogen) atoms. The van der Waals surface area contributed by atoms with E-state index in [1.807, 2.05) is 12.1 Å². The molecule has 0 aliphatic carbocycles. The van der Waals surface area contributed by atoms with Crippen LogP contribution in [0.1, 0.15) is 46.5 Å². The predicted octanol–water partition coefficient (Wildman–Crippen LogP) is 6.47. The number of carbonyl (C=O) groups is 1. The molecule has 1 aromatic heterocycles. The van der Waals surface area contributed by atoms with Crippen LogP contribution in [0.4, 0.5) is 10.5 Å². The monoisotopic (exact) mass is 584 g/mol. The highest BCUT2D eigenvalue weighted by molar-refractivity contribution is 6.32. The number of hydrogen-bond acceptors (Lipinski definition) is 7. The summed E-state index contributed by atoms with van der Waals surface area (Å²) in [6.45, 7) is 10.3. The molecule has 3 aromatic rings. The van der Waals surface area contributed by atoms with Crippen LogP contribution < -0.4 is 24.8 Å². The highest BCUT2D eigenvalue weighted by Gasteiger charge is 2.17. The van der Waals surface area contributed by atoms with E-state index in [4.69, 9.17) is 25.8 Å². The van der Waals surface area contributed by atoms with Gasteiger partial charge in [0, 0.05) is 49.5 Å². The lowest BCUT2D eigenvalue weighted by Crippen LogP contribution is -2.36. The van der Waals surface area contributed by atoms with Crippen LogP contribution in [0.2, 0.25) is 5.02 Å². The molecule has 10 heteroatoms. The maximum absolute atomic E-state index is 12.3. The van der Waals surface area contributed by atoms with Crippen molar-refractivity contribution in [2.24, 2.45) is 5.41 Å². The van der Waals surface area contributed by atoms with Crippen LogP contribution >= 0.6 is 11.6 Å². The number of anilines is 1. The molecule has 1 fully saturated rings. The van der Waals surface area contributed by atoms with Gasteiger partial charge < -0.3 is 34.9 Å². The first-order valence-electron chi connectivity index (χ1n) is 14.1. The van der Waals surface area contributed by atoms with E-state index in [9.17, 15) is 9.90 Å². The molecule has 0 unspecified atom stereocenters. The van der Waals surface area contributed by atoms with Crippen molar-refractivity contribution in [1.29, 1.82) is 0 Å². The van der Waals surface area contributed by atoms with E-state index in [0.717, 1.165) is 50.7 Å². The minimum Gasteiger partial charge on any atom is -0.493 e. The molecular weight excluding hydrogens is 544 g/mol. The van der Waals surface area contributed by atoms with Gasteiger partial charge in [0.2, 0.25) is 0 Å². The van der Waals surface area contributed by atoms with E-state index < -0.39 is 0 Å². The minimum atomic E-state index is -0.282. The van der Waals surface area contributed by atoms with Gasteiger partial charge in [-0.3, -0.25) is 4.98 Å². The molecule has 9 nitrogen and oxygen atoms in total. The number of methoxy groups -OCH3 is 1. The van der Waals surface area contributed by atoms with Gasteiger partial charge in [-0.1, -0.05) is 32.4 Å². The van der Waals surface area contributed by atoms with Gasteiger partial charge in [0.1, 0.15) is 11.5 Å². The Morgan fingerprint density at radius 2 is 1.88 bits per heavy atom. The van der Waals surface area contributed by atoms with Gasteiger partial charge in [0.25, 0.3) is 0 Å². The average molecular weight is 585 g/mol. The number of urea groups is 1. The number of nitrogens with one attached hydrogen (secondary N) is 2. The molecule has 4 rings (SSSR count). The Balaban J connectivity index is 1.38. The summed E-state index contributed by atoms with van der Waals surface area (Å²) >= 11 is 6.52. The number of halogens is 1. The van der Waals surface area contributed by atoms with E-state index in [0.29, 0.717) is 52.4 Å². The first-order chi connectivity index (χ1) is 19.6. The Kier molecular flexibility index (Phi) is 10.5. The number of carbonyl (C=O) groups excluding carboxylic acids is 1. The number of fused-ring (bicyclic) bond motifs is 1. The number of aliphatic hydroxyl groups is 1.